The maximum atomic E-state index is 12.5. The van der Waals surface area contributed by atoms with Crippen molar-refractivity contribution >= 4 is 17.6 Å². The van der Waals surface area contributed by atoms with Crippen LogP contribution in [0, 0.1) is 0 Å². The number of anilines is 1. The Morgan fingerprint density at radius 3 is 2.25 bits per heavy atom. The van der Waals surface area contributed by atoms with Crippen LogP contribution in [0.5, 0.6) is 17.2 Å². The number of rotatable bonds is 6. The normalized spacial score (nSPS) is 9.96. The summed E-state index contributed by atoms with van der Waals surface area (Å²) in [5.74, 6) is -0.584. The number of amides is 1. The highest BCUT2D eigenvalue weighted by Crippen LogP contribution is 2.39. The minimum absolute atomic E-state index is 0.0760. The van der Waals surface area contributed by atoms with Gasteiger partial charge in [0, 0.05) is 5.69 Å². The van der Waals surface area contributed by atoms with Crippen LogP contribution < -0.4 is 19.5 Å². The summed E-state index contributed by atoms with van der Waals surface area (Å²) < 4.78 is 15.7. The van der Waals surface area contributed by atoms with Gasteiger partial charge in [0.15, 0.2) is 11.5 Å². The Balaban J connectivity index is 2.36. The topological polar surface area (TPSA) is 94.1 Å². The molecule has 24 heavy (non-hydrogen) atoms. The van der Waals surface area contributed by atoms with E-state index in [0.29, 0.717) is 17.2 Å². The number of hydrogen-bond acceptors (Lipinski definition) is 5. The van der Waals surface area contributed by atoms with E-state index in [1.807, 2.05) is 0 Å². The van der Waals surface area contributed by atoms with Crippen molar-refractivity contribution in [1.82, 2.24) is 0 Å². The smallest absolute Gasteiger partial charge is 0.335 e. The average molecular weight is 331 g/mol. The second-order valence-corrected chi connectivity index (χ2v) is 4.72. The van der Waals surface area contributed by atoms with Gasteiger partial charge in [0.05, 0.1) is 32.5 Å². The lowest BCUT2D eigenvalue weighted by molar-refractivity contribution is 0.0696. The molecule has 7 heteroatoms. The molecule has 2 rings (SSSR count). The molecule has 126 valence electrons. The highest BCUT2D eigenvalue weighted by atomic mass is 16.5. The van der Waals surface area contributed by atoms with Crippen LogP contribution in [0.2, 0.25) is 0 Å². The molecule has 0 spiro atoms. The van der Waals surface area contributed by atoms with Crippen molar-refractivity contribution < 1.29 is 28.9 Å². The van der Waals surface area contributed by atoms with Crippen LogP contribution in [0.1, 0.15) is 20.7 Å². The monoisotopic (exact) mass is 331 g/mol. The number of carbonyl (C=O) groups is 2. The van der Waals surface area contributed by atoms with Gasteiger partial charge in [-0.2, -0.15) is 0 Å². The largest absolute Gasteiger partial charge is 0.493 e. The van der Waals surface area contributed by atoms with Crippen LogP contribution in [-0.2, 0) is 0 Å². The third-order valence-corrected chi connectivity index (χ3v) is 3.32. The molecule has 0 fully saturated rings. The van der Waals surface area contributed by atoms with Crippen molar-refractivity contribution in [2.75, 3.05) is 26.6 Å². The maximum absolute atomic E-state index is 12.5. The van der Waals surface area contributed by atoms with Crippen molar-refractivity contribution in [3.8, 4) is 17.2 Å². The van der Waals surface area contributed by atoms with E-state index in [4.69, 9.17) is 19.3 Å². The van der Waals surface area contributed by atoms with E-state index >= 15 is 0 Å². The zero-order chi connectivity index (χ0) is 17.7. The van der Waals surface area contributed by atoms with E-state index in [0.717, 1.165) is 0 Å². The maximum Gasteiger partial charge on any atom is 0.335 e. The van der Waals surface area contributed by atoms with Gasteiger partial charge in [-0.3, -0.25) is 4.79 Å². The molecule has 0 atom stereocenters. The van der Waals surface area contributed by atoms with Crippen molar-refractivity contribution in [3.05, 3.63) is 47.5 Å². The molecule has 0 unspecified atom stereocenters. The molecular weight excluding hydrogens is 314 g/mol. The highest BCUT2D eigenvalue weighted by molar-refractivity contribution is 6.07. The lowest BCUT2D eigenvalue weighted by atomic mass is 10.1. The number of ether oxygens (including phenoxy) is 3. The summed E-state index contributed by atoms with van der Waals surface area (Å²) in [5, 5.41) is 11.6. The molecule has 1 amide bonds. The Morgan fingerprint density at radius 1 is 0.958 bits per heavy atom. The van der Waals surface area contributed by atoms with E-state index in [2.05, 4.69) is 5.32 Å². The first-order valence-corrected chi connectivity index (χ1v) is 6.95. The summed E-state index contributed by atoms with van der Waals surface area (Å²) in [6.45, 7) is 0. The van der Waals surface area contributed by atoms with E-state index in [1.165, 1.54) is 39.5 Å². The van der Waals surface area contributed by atoms with Gasteiger partial charge in [-0.25, -0.2) is 4.79 Å². The van der Waals surface area contributed by atoms with Crippen LogP contribution in [0.4, 0.5) is 5.69 Å². The summed E-state index contributed by atoms with van der Waals surface area (Å²) in [5.41, 5.74) is 0.666. The summed E-state index contributed by atoms with van der Waals surface area (Å²) in [7, 11) is 4.34. The van der Waals surface area contributed by atoms with Crippen LogP contribution in [-0.4, -0.2) is 38.3 Å². The Morgan fingerprint density at radius 2 is 1.67 bits per heavy atom. The first-order chi connectivity index (χ1) is 11.5. The zero-order valence-corrected chi connectivity index (χ0v) is 13.5. The van der Waals surface area contributed by atoms with Gasteiger partial charge in [-0.1, -0.05) is 6.07 Å². The number of carbonyl (C=O) groups excluding carboxylic acids is 1. The van der Waals surface area contributed by atoms with Crippen LogP contribution in [0.15, 0.2) is 36.4 Å². The number of methoxy groups -OCH3 is 3. The molecule has 0 aromatic heterocycles. The minimum Gasteiger partial charge on any atom is -0.493 e. The number of carboxylic acids is 1. The lowest BCUT2D eigenvalue weighted by Gasteiger charge is -2.15. The molecule has 2 aromatic rings. The van der Waals surface area contributed by atoms with Crippen molar-refractivity contribution in [2.24, 2.45) is 0 Å². The molecular formula is C17H17NO6. The Hall–Kier alpha value is -3.22. The Labute approximate surface area is 138 Å². The van der Waals surface area contributed by atoms with Gasteiger partial charge in [0.25, 0.3) is 5.91 Å². The molecule has 0 saturated carbocycles. The van der Waals surface area contributed by atoms with Gasteiger partial charge < -0.3 is 24.6 Å². The summed E-state index contributed by atoms with van der Waals surface area (Å²) in [6, 6.07) is 9.07. The molecule has 0 radical (unpaired) electrons. The number of aromatic carboxylic acids is 1. The number of hydrogen-bond donors (Lipinski definition) is 2. The predicted molar refractivity (Wildman–Crippen MR) is 87.5 cm³/mol. The van der Waals surface area contributed by atoms with Crippen molar-refractivity contribution in [1.29, 1.82) is 0 Å². The second kappa shape index (κ2) is 7.36. The SMILES string of the molecule is COc1ccc(C(=O)Nc2cccc(C(=O)O)c2)c(OC)c1OC. The van der Waals surface area contributed by atoms with Gasteiger partial charge in [0.1, 0.15) is 0 Å². The van der Waals surface area contributed by atoms with Gasteiger partial charge >= 0.3 is 5.97 Å². The van der Waals surface area contributed by atoms with E-state index < -0.39 is 11.9 Å². The van der Waals surface area contributed by atoms with Crippen molar-refractivity contribution in [3.63, 3.8) is 0 Å². The average Bonchev–Trinajstić information content (AvgIpc) is 2.60. The predicted octanol–water partition coefficient (Wildman–Crippen LogP) is 2.66. The molecule has 0 bridgehead atoms. The number of carboxylic acid groups (broad SMARTS) is 1. The molecule has 0 saturated heterocycles. The fraction of sp³-hybridized carbons (Fsp3) is 0.176. The molecule has 0 aliphatic carbocycles. The van der Waals surface area contributed by atoms with Crippen LogP contribution >= 0.6 is 0 Å². The first-order valence-electron chi connectivity index (χ1n) is 6.95. The quantitative estimate of drug-likeness (QED) is 0.845. The number of nitrogens with one attached hydrogen (secondary N) is 1. The molecule has 0 aliphatic heterocycles. The Bertz CT molecular complexity index is 772. The summed E-state index contributed by atoms with van der Waals surface area (Å²) in [4.78, 5) is 23.5. The highest BCUT2D eigenvalue weighted by Gasteiger charge is 2.20. The molecule has 2 aromatic carbocycles. The number of benzene rings is 2. The minimum atomic E-state index is -1.07. The van der Waals surface area contributed by atoms with Gasteiger partial charge in [-0.05, 0) is 30.3 Å². The second-order valence-electron chi connectivity index (χ2n) is 4.72. The van der Waals surface area contributed by atoms with Crippen LogP contribution in [0.25, 0.3) is 0 Å². The van der Waals surface area contributed by atoms with Crippen LogP contribution in [0.3, 0.4) is 0 Å². The van der Waals surface area contributed by atoms with E-state index in [-0.39, 0.29) is 16.9 Å². The fourth-order valence-electron chi connectivity index (χ4n) is 2.21. The van der Waals surface area contributed by atoms with Crippen molar-refractivity contribution in [2.45, 2.75) is 0 Å². The summed E-state index contributed by atoms with van der Waals surface area (Å²) >= 11 is 0. The van der Waals surface area contributed by atoms with Gasteiger partial charge in [-0.15, -0.1) is 0 Å². The third-order valence-electron chi connectivity index (χ3n) is 3.32. The molecule has 0 aliphatic rings. The Kier molecular flexibility index (Phi) is 5.26. The van der Waals surface area contributed by atoms with Gasteiger partial charge in [0.2, 0.25) is 5.75 Å². The zero-order valence-electron chi connectivity index (χ0n) is 13.5. The molecule has 0 heterocycles. The fourth-order valence-corrected chi connectivity index (χ4v) is 2.21. The summed E-state index contributed by atoms with van der Waals surface area (Å²) in [6.07, 6.45) is 0. The molecule has 7 nitrogen and oxygen atoms in total. The standard InChI is InChI=1S/C17H17NO6/c1-22-13-8-7-12(14(23-2)15(13)24-3)16(19)18-11-6-4-5-10(9-11)17(20)21/h4-9H,1-3H3,(H,18,19)(H,20,21). The molecule has 2 N–H and O–H groups in total. The van der Waals surface area contributed by atoms with E-state index in [9.17, 15) is 9.59 Å². The third kappa shape index (κ3) is 3.40. The van der Waals surface area contributed by atoms with E-state index in [1.54, 1.807) is 18.2 Å². The first kappa shape index (κ1) is 17.1. The lowest BCUT2D eigenvalue weighted by Crippen LogP contribution is -2.14.